The van der Waals surface area contributed by atoms with Crippen LogP contribution in [0.25, 0.3) is 0 Å². The Morgan fingerprint density at radius 1 is 0.885 bits per heavy atom. The molecule has 0 fully saturated rings. The van der Waals surface area contributed by atoms with E-state index in [0.717, 1.165) is 0 Å². The SMILES string of the molecule is CC(C)NC(=O)COC(=O)COc1ccc(C(=O)c2ccccc2)cc1. The summed E-state index contributed by atoms with van der Waals surface area (Å²) in [5.41, 5.74) is 1.13. The van der Waals surface area contributed by atoms with Gasteiger partial charge in [0.05, 0.1) is 0 Å². The molecule has 1 N–H and O–H groups in total. The van der Waals surface area contributed by atoms with Crippen LogP contribution in [0.3, 0.4) is 0 Å². The fourth-order valence-electron chi connectivity index (χ4n) is 2.15. The average molecular weight is 355 g/mol. The van der Waals surface area contributed by atoms with E-state index in [9.17, 15) is 14.4 Å². The van der Waals surface area contributed by atoms with Crippen molar-refractivity contribution in [2.75, 3.05) is 13.2 Å². The molecule has 2 aromatic carbocycles. The first kappa shape index (κ1) is 19.2. The van der Waals surface area contributed by atoms with Crippen molar-refractivity contribution in [2.45, 2.75) is 19.9 Å². The molecule has 0 saturated carbocycles. The predicted molar refractivity (Wildman–Crippen MR) is 96.0 cm³/mol. The van der Waals surface area contributed by atoms with Crippen LogP contribution in [-0.2, 0) is 14.3 Å². The largest absolute Gasteiger partial charge is 0.482 e. The molecular formula is C20H21NO5. The smallest absolute Gasteiger partial charge is 0.344 e. The lowest BCUT2D eigenvalue weighted by molar-refractivity contribution is -0.150. The molecule has 136 valence electrons. The lowest BCUT2D eigenvalue weighted by Crippen LogP contribution is -2.34. The van der Waals surface area contributed by atoms with Crippen LogP contribution in [0.15, 0.2) is 54.6 Å². The maximum absolute atomic E-state index is 12.3. The van der Waals surface area contributed by atoms with Crippen molar-refractivity contribution >= 4 is 17.7 Å². The second kappa shape index (κ2) is 9.36. The Hall–Kier alpha value is -3.15. The van der Waals surface area contributed by atoms with Crippen molar-refractivity contribution in [3.63, 3.8) is 0 Å². The zero-order valence-corrected chi connectivity index (χ0v) is 14.7. The van der Waals surface area contributed by atoms with Crippen LogP contribution < -0.4 is 10.1 Å². The molecule has 0 aromatic heterocycles. The van der Waals surface area contributed by atoms with Gasteiger partial charge in [-0.25, -0.2) is 4.79 Å². The minimum absolute atomic E-state index is 0.0189. The molecule has 0 radical (unpaired) electrons. The highest BCUT2D eigenvalue weighted by Gasteiger charge is 2.11. The third-order valence-corrected chi connectivity index (χ3v) is 3.32. The van der Waals surface area contributed by atoms with Gasteiger partial charge in [0, 0.05) is 17.2 Å². The van der Waals surface area contributed by atoms with E-state index in [1.807, 2.05) is 19.9 Å². The number of esters is 1. The first-order valence-corrected chi connectivity index (χ1v) is 8.23. The van der Waals surface area contributed by atoms with Gasteiger partial charge in [0.1, 0.15) is 5.75 Å². The highest BCUT2D eigenvalue weighted by molar-refractivity contribution is 6.08. The van der Waals surface area contributed by atoms with Crippen molar-refractivity contribution < 1.29 is 23.9 Å². The van der Waals surface area contributed by atoms with Crippen molar-refractivity contribution in [1.29, 1.82) is 0 Å². The standard InChI is InChI=1S/C20H21NO5/c1-14(2)21-18(22)12-26-19(23)13-25-17-10-8-16(9-11-17)20(24)15-6-4-3-5-7-15/h3-11,14H,12-13H2,1-2H3,(H,21,22). The highest BCUT2D eigenvalue weighted by atomic mass is 16.6. The number of benzene rings is 2. The predicted octanol–water partition coefficient (Wildman–Crippen LogP) is 2.36. The molecule has 0 bridgehead atoms. The summed E-state index contributed by atoms with van der Waals surface area (Å²) >= 11 is 0. The second-order valence-corrected chi connectivity index (χ2v) is 5.89. The van der Waals surface area contributed by atoms with E-state index in [1.165, 1.54) is 0 Å². The minimum atomic E-state index is -0.645. The van der Waals surface area contributed by atoms with Crippen LogP contribution in [0.4, 0.5) is 0 Å². The highest BCUT2D eigenvalue weighted by Crippen LogP contribution is 2.15. The Balaban J connectivity index is 1.81. The molecule has 6 nitrogen and oxygen atoms in total. The second-order valence-electron chi connectivity index (χ2n) is 5.89. The van der Waals surface area contributed by atoms with Gasteiger partial charge >= 0.3 is 5.97 Å². The van der Waals surface area contributed by atoms with Crippen molar-refractivity contribution in [3.05, 3.63) is 65.7 Å². The Morgan fingerprint density at radius 2 is 1.50 bits per heavy atom. The molecule has 0 aliphatic carbocycles. The number of amides is 1. The Bertz CT molecular complexity index is 754. The monoisotopic (exact) mass is 355 g/mol. The zero-order chi connectivity index (χ0) is 18.9. The van der Waals surface area contributed by atoms with Gasteiger partial charge in [0.2, 0.25) is 0 Å². The van der Waals surface area contributed by atoms with Crippen LogP contribution in [0.1, 0.15) is 29.8 Å². The third kappa shape index (κ3) is 6.05. The van der Waals surface area contributed by atoms with Crippen LogP contribution in [0.2, 0.25) is 0 Å². The summed E-state index contributed by atoms with van der Waals surface area (Å²) in [5.74, 6) is -0.670. The van der Waals surface area contributed by atoms with Crippen LogP contribution in [-0.4, -0.2) is 36.9 Å². The van der Waals surface area contributed by atoms with Crippen LogP contribution >= 0.6 is 0 Å². The maximum Gasteiger partial charge on any atom is 0.344 e. The molecule has 1 amide bonds. The average Bonchev–Trinajstić information content (AvgIpc) is 2.64. The normalized spacial score (nSPS) is 10.3. The number of carbonyl (C=O) groups excluding carboxylic acids is 3. The zero-order valence-electron chi connectivity index (χ0n) is 14.7. The number of rotatable bonds is 8. The minimum Gasteiger partial charge on any atom is -0.482 e. The molecule has 0 aliphatic rings. The van der Waals surface area contributed by atoms with Gasteiger partial charge < -0.3 is 14.8 Å². The lowest BCUT2D eigenvalue weighted by atomic mass is 10.0. The number of ether oxygens (including phenoxy) is 2. The van der Waals surface area contributed by atoms with Gasteiger partial charge in [-0.3, -0.25) is 9.59 Å². The molecule has 0 atom stereocenters. The van der Waals surface area contributed by atoms with E-state index in [2.05, 4.69) is 5.32 Å². The molecule has 6 heteroatoms. The number of carbonyl (C=O) groups is 3. The van der Waals surface area contributed by atoms with Gasteiger partial charge in [-0.05, 0) is 38.1 Å². The van der Waals surface area contributed by atoms with Crippen molar-refractivity contribution in [1.82, 2.24) is 5.32 Å². The Kier molecular flexibility index (Phi) is 6.91. The summed E-state index contributed by atoms with van der Waals surface area (Å²) in [6.07, 6.45) is 0. The van der Waals surface area contributed by atoms with Gasteiger partial charge in [-0.2, -0.15) is 0 Å². The van der Waals surface area contributed by atoms with E-state index < -0.39 is 5.97 Å². The number of nitrogens with one attached hydrogen (secondary N) is 1. The summed E-state index contributed by atoms with van der Waals surface area (Å²) in [7, 11) is 0. The molecule has 2 rings (SSSR count). The summed E-state index contributed by atoms with van der Waals surface area (Å²) in [6.45, 7) is 2.97. The summed E-state index contributed by atoms with van der Waals surface area (Å²) < 4.78 is 10.1. The van der Waals surface area contributed by atoms with Gasteiger partial charge in [-0.1, -0.05) is 30.3 Å². The molecular weight excluding hydrogens is 334 g/mol. The number of hydrogen-bond acceptors (Lipinski definition) is 5. The molecule has 0 heterocycles. The van der Waals surface area contributed by atoms with Gasteiger partial charge in [0.15, 0.2) is 19.0 Å². The number of ketones is 1. The lowest BCUT2D eigenvalue weighted by Gasteiger charge is -2.09. The van der Waals surface area contributed by atoms with Crippen molar-refractivity contribution in [2.24, 2.45) is 0 Å². The molecule has 2 aromatic rings. The van der Waals surface area contributed by atoms with E-state index in [-0.39, 0.29) is 30.9 Å². The summed E-state index contributed by atoms with van der Waals surface area (Å²) in [5, 5.41) is 2.61. The van der Waals surface area contributed by atoms with E-state index in [4.69, 9.17) is 9.47 Å². The van der Waals surface area contributed by atoms with Crippen LogP contribution in [0, 0.1) is 0 Å². The Morgan fingerprint density at radius 3 is 2.12 bits per heavy atom. The number of hydrogen-bond donors (Lipinski definition) is 1. The molecule has 26 heavy (non-hydrogen) atoms. The van der Waals surface area contributed by atoms with Gasteiger partial charge in [0.25, 0.3) is 5.91 Å². The molecule has 0 spiro atoms. The molecule has 0 aliphatic heterocycles. The maximum atomic E-state index is 12.3. The van der Waals surface area contributed by atoms with E-state index >= 15 is 0 Å². The quantitative estimate of drug-likeness (QED) is 0.581. The first-order valence-electron chi connectivity index (χ1n) is 8.23. The van der Waals surface area contributed by atoms with Crippen LogP contribution in [0.5, 0.6) is 5.75 Å². The summed E-state index contributed by atoms with van der Waals surface area (Å²) in [4.78, 5) is 35.3. The van der Waals surface area contributed by atoms with E-state index in [0.29, 0.717) is 16.9 Å². The third-order valence-electron chi connectivity index (χ3n) is 3.32. The fraction of sp³-hybridized carbons (Fsp3) is 0.250. The van der Waals surface area contributed by atoms with E-state index in [1.54, 1.807) is 48.5 Å². The topological polar surface area (TPSA) is 81.7 Å². The van der Waals surface area contributed by atoms with Crippen molar-refractivity contribution in [3.8, 4) is 5.75 Å². The Labute approximate surface area is 152 Å². The van der Waals surface area contributed by atoms with Gasteiger partial charge in [-0.15, -0.1) is 0 Å². The summed E-state index contributed by atoms with van der Waals surface area (Å²) in [6, 6.07) is 15.4. The molecule has 0 saturated heterocycles. The molecule has 0 unspecified atom stereocenters. The fourth-order valence-corrected chi connectivity index (χ4v) is 2.15. The first-order chi connectivity index (χ1) is 12.5.